The molecule has 0 aliphatic rings. The van der Waals surface area contributed by atoms with E-state index in [9.17, 15) is 4.79 Å². The van der Waals surface area contributed by atoms with Gasteiger partial charge in [-0.15, -0.1) is 0 Å². The van der Waals surface area contributed by atoms with Crippen molar-refractivity contribution in [2.45, 2.75) is 13.0 Å². The fourth-order valence-corrected chi connectivity index (χ4v) is 3.16. The minimum atomic E-state index is -0.109. The Morgan fingerprint density at radius 3 is 2.82 bits per heavy atom. The van der Waals surface area contributed by atoms with Gasteiger partial charge >= 0.3 is 0 Å². The van der Waals surface area contributed by atoms with Gasteiger partial charge in [-0.3, -0.25) is 4.79 Å². The number of halogens is 2. The molecule has 1 aromatic heterocycles. The fraction of sp³-hybridized carbons (Fsp3) is 0.300. The van der Waals surface area contributed by atoms with E-state index in [1.54, 1.807) is 6.07 Å². The van der Waals surface area contributed by atoms with Crippen LogP contribution in [0, 0.1) is 0 Å². The SMILES string of the molecule is CN(CCCNC(=O)CNc1nc2ccccc2o1)Cc1cccc(Cl)c1Cl. The smallest absolute Gasteiger partial charge is 0.296 e. The van der Waals surface area contributed by atoms with Crippen LogP contribution in [0.25, 0.3) is 11.1 Å². The van der Waals surface area contributed by atoms with Crippen molar-refractivity contribution in [1.82, 2.24) is 15.2 Å². The molecule has 0 fully saturated rings. The Morgan fingerprint density at radius 1 is 1.18 bits per heavy atom. The number of hydrogen-bond donors (Lipinski definition) is 2. The molecule has 3 rings (SSSR count). The van der Waals surface area contributed by atoms with Gasteiger partial charge in [-0.1, -0.05) is 47.5 Å². The number of rotatable bonds is 9. The van der Waals surface area contributed by atoms with Crippen LogP contribution in [0.15, 0.2) is 46.9 Å². The van der Waals surface area contributed by atoms with E-state index in [0.29, 0.717) is 34.7 Å². The van der Waals surface area contributed by atoms with Crippen molar-refractivity contribution in [3.8, 4) is 0 Å². The van der Waals surface area contributed by atoms with E-state index in [-0.39, 0.29) is 12.5 Å². The molecule has 6 nitrogen and oxygen atoms in total. The zero-order valence-corrected chi connectivity index (χ0v) is 17.1. The summed E-state index contributed by atoms with van der Waals surface area (Å²) in [7, 11) is 2.01. The van der Waals surface area contributed by atoms with Crippen molar-refractivity contribution < 1.29 is 9.21 Å². The predicted molar refractivity (Wildman–Crippen MR) is 113 cm³/mol. The Labute approximate surface area is 173 Å². The van der Waals surface area contributed by atoms with Gasteiger partial charge in [0, 0.05) is 13.1 Å². The number of aromatic nitrogens is 1. The molecule has 2 aromatic carbocycles. The molecule has 3 aromatic rings. The molecule has 8 heteroatoms. The summed E-state index contributed by atoms with van der Waals surface area (Å²) in [5.41, 5.74) is 2.43. The van der Waals surface area contributed by atoms with Crippen molar-refractivity contribution in [2.75, 3.05) is 32.0 Å². The zero-order chi connectivity index (χ0) is 19.9. The lowest BCUT2D eigenvalue weighted by Crippen LogP contribution is -2.32. The molecule has 1 heterocycles. The summed E-state index contributed by atoms with van der Waals surface area (Å²) in [6.45, 7) is 2.22. The number of hydrogen-bond acceptors (Lipinski definition) is 5. The number of carbonyl (C=O) groups excluding carboxylic acids is 1. The van der Waals surface area contributed by atoms with Gasteiger partial charge in [-0.05, 0) is 43.8 Å². The van der Waals surface area contributed by atoms with Crippen LogP contribution in [0.1, 0.15) is 12.0 Å². The third-order valence-electron chi connectivity index (χ3n) is 4.20. The molecule has 28 heavy (non-hydrogen) atoms. The second-order valence-corrected chi connectivity index (χ2v) is 7.28. The molecule has 1 amide bonds. The predicted octanol–water partition coefficient (Wildman–Crippen LogP) is 4.18. The number of anilines is 1. The van der Waals surface area contributed by atoms with E-state index in [0.717, 1.165) is 24.0 Å². The van der Waals surface area contributed by atoms with Crippen molar-refractivity contribution >= 4 is 46.2 Å². The summed E-state index contributed by atoms with van der Waals surface area (Å²) >= 11 is 12.3. The summed E-state index contributed by atoms with van der Waals surface area (Å²) in [6.07, 6.45) is 0.823. The van der Waals surface area contributed by atoms with Crippen LogP contribution in [-0.2, 0) is 11.3 Å². The summed E-state index contributed by atoms with van der Waals surface area (Å²) in [4.78, 5) is 18.4. The molecular weight excluding hydrogens is 399 g/mol. The Hall–Kier alpha value is -2.28. The van der Waals surface area contributed by atoms with Gasteiger partial charge < -0.3 is 20.0 Å². The molecule has 0 aliphatic carbocycles. The van der Waals surface area contributed by atoms with Gasteiger partial charge in [0.2, 0.25) is 5.91 Å². The lowest BCUT2D eigenvalue weighted by molar-refractivity contribution is -0.119. The van der Waals surface area contributed by atoms with Crippen LogP contribution in [0.3, 0.4) is 0 Å². The highest BCUT2D eigenvalue weighted by atomic mass is 35.5. The van der Waals surface area contributed by atoms with E-state index in [1.165, 1.54) is 0 Å². The number of para-hydroxylation sites is 2. The molecule has 0 saturated heterocycles. The number of nitrogens with one attached hydrogen (secondary N) is 2. The second kappa shape index (κ2) is 9.78. The minimum Gasteiger partial charge on any atom is -0.424 e. The van der Waals surface area contributed by atoms with Crippen LogP contribution < -0.4 is 10.6 Å². The van der Waals surface area contributed by atoms with E-state index < -0.39 is 0 Å². The molecule has 0 spiro atoms. The summed E-state index contributed by atoms with van der Waals surface area (Å²) in [5, 5.41) is 6.94. The Kier molecular flexibility index (Phi) is 7.14. The number of fused-ring (bicyclic) bond motifs is 1. The number of amides is 1. The molecule has 0 radical (unpaired) electrons. The number of nitrogens with zero attached hydrogens (tertiary/aromatic N) is 2. The Balaban J connectivity index is 1.34. The van der Waals surface area contributed by atoms with Gasteiger partial charge in [-0.2, -0.15) is 4.98 Å². The minimum absolute atomic E-state index is 0.109. The Bertz CT molecular complexity index is 912. The Morgan fingerprint density at radius 2 is 2.00 bits per heavy atom. The molecule has 0 aliphatic heterocycles. The first-order chi connectivity index (χ1) is 13.5. The average molecular weight is 421 g/mol. The standard InChI is InChI=1S/C20H22Cl2N4O2/c1-26(13-14-6-4-7-15(21)19(14)22)11-5-10-23-18(27)12-24-20-25-16-8-2-3-9-17(16)28-20/h2-4,6-9H,5,10-13H2,1H3,(H,23,27)(H,24,25). The highest BCUT2D eigenvalue weighted by Gasteiger charge is 2.09. The highest BCUT2D eigenvalue weighted by Crippen LogP contribution is 2.26. The monoisotopic (exact) mass is 420 g/mol. The molecule has 0 saturated carbocycles. The van der Waals surface area contributed by atoms with Crippen LogP contribution in [0.5, 0.6) is 0 Å². The van der Waals surface area contributed by atoms with Crippen LogP contribution in [-0.4, -0.2) is 42.5 Å². The average Bonchev–Trinajstić information content (AvgIpc) is 3.10. The molecule has 0 bridgehead atoms. The van der Waals surface area contributed by atoms with Crippen LogP contribution in [0.2, 0.25) is 10.0 Å². The van der Waals surface area contributed by atoms with E-state index >= 15 is 0 Å². The summed E-state index contributed by atoms with van der Waals surface area (Å²) in [6, 6.07) is 13.4. The van der Waals surface area contributed by atoms with Crippen molar-refractivity contribution in [1.29, 1.82) is 0 Å². The van der Waals surface area contributed by atoms with E-state index in [4.69, 9.17) is 27.6 Å². The molecule has 148 valence electrons. The first-order valence-corrected chi connectivity index (χ1v) is 9.76. The number of benzene rings is 2. The van der Waals surface area contributed by atoms with Gasteiger partial charge in [0.05, 0.1) is 16.6 Å². The second-order valence-electron chi connectivity index (χ2n) is 6.49. The van der Waals surface area contributed by atoms with Crippen molar-refractivity contribution in [2.24, 2.45) is 0 Å². The maximum Gasteiger partial charge on any atom is 0.296 e. The largest absolute Gasteiger partial charge is 0.424 e. The first kappa shape index (κ1) is 20.5. The maximum atomic E-state index is 12.0. The number of carbonyl (C=O) groups is 1. The lowest BCUT2D eigenvalue weighted by Gasteiger charge is -2.18. The van der Waals surface area contributed by atoms with Gasteiger partial charge in [0.25, 0.3) is 6.01 Å². The van der Waals surface area contributed by atoms with Crippen LogP contribution >= 0.6 is 23.2 Å². The lowest BCUT2D eigenvalue weighted by atomic mass is 10.2. The maximum absolute atomic E-state index is 12.0. The first-order valence-electron chi connectivity index (χ1n) is 9.00. The van der Waals surface area contributed by atoms with Crippen LogP contribution in [0.4, 0.5) is 6.01 Å². The zero-order valence-electron chi connectivity index (χ0n) is 15.5. The topological polar surface area (TPSA) is 70.4 Å². The summed E-state index contributed by atoms with van der Waals surface area (Å²) < 4.78 is 5.52. The van der Waals surface area contributed by atoms with E-state index in [1.807, 2.05) is 43.4 Å². The normalized spacial score (nSPS) is 11.1. The highest BCUT2D eigenvalue weighted by molar-refractivity contribution is 6.42. The molecule has 0 unspecified atom stereocenters. The summed E-state index contributed by atoms with van der Waals surface area (Å²) in [5.74, 6) is -0.109. The quantitative estimate of drug-likeness (QED) is 0.507. The van der Waals surface area contributed by atoms with E-state index in [2.05, 4.69) is 20.5 Å². The van der Waals surface area contributed by atoms with Crippen molar-refractivity contribution in [3.63, 3.8) is 0 Å². The van der Waals surface area contributed by atoms with Gasteiger partial charge in [0.1, 0.15) is 5.52 Å². The number of oxazole rings is 1. The third-order valence-corrected chi connectivity index (χ3v) is 5.06. The van der Waals surface area contributed by atoms with Gasteiger partial charge in [0.15, 0.2) is 5.58 Å². The molecule has 0 atom stereocenters. The van der Waals surface area contributed by atoms with Crippen molar-refractivity contribution in [3.05, 3.63) is 58.1 Å². The third kappa shape index (κ3) is 5.61. The molecule has 2 N–H and O–H groups in total. The molecular formula is C20H22Cl2N4O2. The van der Waals surface area contributed by atoms with Gasteiger partial charge in [-0.25, -0.2) is 0 Å². The fourth-order valence-electron chi connectivity index (χ4n) is 2.78.